The largest absolute Gasteiger partial charge is 0.462 e. The molecule has 0 aromatic heterocycles. The Labute approximate surface area is 93.2 Å². The first-order valence-electron chi connectivity index (χ1n) is 5.16. The first-order chi connectivity index (χ1) is 7.51. The van der Waals surface area contributed by atoms with Gasteiger partial charge in [-0.05, 0) is 19.1 Å². The fraction of sp³-hybridized carbons (Fsp3) is 0.417. The average molecular weight is 228 g/mol. The van der Waals surface area contributed by atoms with Gasteiger partial charge < -0.3 is 4.74 Å². The summed E-state index contributed by atoms with van der Waals surface area (Å²) in [5.41, 5.74) is 0.209. The molecule has 1 rings (SSSR count). The molecule has 0 amide bonds. The van der Waals surface area contributed by atoms with Crippen LogP contribution in [0.3, 0.4) is 0 Å². The van der Waals surface area contributed by atoms with Gasteiger partial charge in [0.2, 0.25) is 0 Å². The smallest absolute Gasteiger partial charge is 0.338 e. The number of hydrogen-bond donors (Lipinski definition) is 0. The Morgan fingerprint density at radius 1 is 1.25 bits per heavy atom. The van der Waals surface area contributed by atoms with Crippen LogP contribution in [0.15, 0.2) is 24.3 Å². The van der Waals surface area contributed by atoms with Gasteiger partial charge in [-0.15, -0.1) is 0 Å². The molecule has 2 nitrogen and oxygen atoms in total. The number of benzene rings is 1. The lowest BCUT2D eigenvalue weighted by Gasteiger charge is -2.14. The molecule has 0 saturated heterocycles. The second-order valence-electron chi connectivity index (χ2n) is 3.36. The molecule has 0 aliphatic rings. The quantitative estimate of drug-likeness (QED) is 0.738. The summed E-state index contributed by atoms with van der Waals surface area (Å²) >= 11 is 0. The molecule has 0 aliphatic carbocycles. The second kappa shape index (κ2) is 5.05. The van der Waals surface area contributed by atoms with E-state index in [1.54, 1.807) is 6.92 Å². The van der Waals surface area contributed by atoms with Crippen LogP contribution in [0.4, 0.5) is 8.78 Å². The summed E-state index contributed by atoms with van der Waals surface area (Å²) in [6.45, 7) is 3.38. The van der Waals surface area contributed by atoms with E-state index in [2.05, 4.69) is 0 Å². The Balaban J connectivity index is 2.87. The predicted octanol–water partition coefficient (Wildman–Crippen LogP) is 3.37. The number of esters is 1. The lowest BCUT2D eigenvalue weighted by atomic mass is 10.0. The summed E-state index contributed by atoms with van der Waals surface area (Å²) in [6, 6.07) is 5.24. The van der Waals surface area contributed by atoms with Crippen molar-refractivity contribution >= 4 is 5.97 Å². The molecule has 0 fully saturated rings. The molecule has 1 aromatic carbocycles. The third kappa shape index (κ3) is 2.78. The Hall–Kier alpha value is -1.45. The van der Waals surface area contributed by atoms with Crippen LogP contribution in [0, 0.1) is 0 Å². The standard InChI is InChI=1S/C12H14F2O2/c1-3-12(13,14)10-7-5-9(6-8-10)11(15)16-4-2/h5-8H,3-4H2,1-2H3. The number of carbonyl (C=O) groups excluding carboxylic acids is 1. The minimum absolute atomic E-state index is 0.0805. The Kier molecular flexibility index (Phi) is 3.99. The second-order valence-corrected chi connectivity index (χ2v) is 3.36. The van der Waals surface area contributed by atoms with Crippen LogP contribution in [0.5, 0.6) is 0 Å². The molecule has 0 saturated carbocycles. The van der Waals surface area contributed by atoms with Crippen molar-refractivity contribution in [3.05, 3.63) is 35.4 Å². The summed E-state index contributed by atoms with van der Waals surface area (Å²) in [7, 11) is 0. The van der Waals surface area contributed by atoms with Gasteiger partial charge in [-0.1, -0.05) is 19.1 Å². The highest BCUT2D eigenvalue weighted by molar-refractivity contribution is 5.89. The lowest BCUT2D eigenvalue weighted by Crippen LogP contribution is -2.12. The van der Waals surface area contributed by atoms with Crippen LogP contribution in [0.2, 0.25) is 0 Å². The molecule has 0 atom stereocenters. The van der Waals surface area contributed by atoms with E-state index in [0.29, 0.717) is 0 Å². The van der Waals surface area contributed by atoms with Crippen molar-refractivity contribution < 1.29 is 18.3 Å². The highest BCUT2D eigenvalue weighted by Gasteiger charge is 2.28. The molecule has 0 unspecified atom stereocenters. The van der Waals surface area contributed by atoms with Gasteiger partial charge in [-0.25, -0.2) is 13.6 Å². The Morgan fingerprint density at radius 3 is 2.25 bits per heavy atom. The van der Waals surface area contributed by atoms with Crippen LogP contribution in [-0.4, -0.2) is 12.6 Å². The molecule has 0 aliphatic heterocycles. The minimum Gasteiger partial charge on any atom is -0.462 e. The van der Waals surface area contributed by atoms with Crippen molar-refractivity contribution in [1.82, 2.24) is 0 Å². The van der Waals surface area contributed by atoms with Crippen LogP contribution >= 0.6 is 0 Å². The molecule has 88 valence electrons. The number of alkyl halides is 2. The minimum atomic E-state index is -2.84. The van der Waals surface area contributed by atoms with Gasteiger partial charge in [0, 0.05) is 12.0 Å². The zero-order chi connectivity index (χ0) is 12.2. The van der Waals surface area contributed by atoms with E-state index in [-0.39, 0.29) is 24.2 Å². The summed E-state index contributed by atoms with van der Waals surface area (Å²) in [6.07, 6.45) is -0.258. The van der Waals surface area contributed by atoms with Crippen LogP contribution in [-0.2, 0) is 10.7 Å². The fourth-order valence-corrected chi connectivity index (χ4v) is 1.27. The monoisotopic (exact) mass is 228 g/mol. The molecular formula is C12H14F2O2. The number of rotatable bonds is 4. The molecule has 4 heteroatoms. The van der Waals surface area contributed by atoms with Crippen LogP contribution in [0.1, 0.15) is 36.2 Å². The van der Waals surface area contributed by atoms with Gasteiger partial charge in [-0.3, -0.25) is 0 Å². The molecular weight excluding hydrogens is 214 g/mol. The molecule has 0 N–H and O–H groups in total. The van der Waals surface area contributed by atoms with Crippen molar-refractivity contribution in [2.24, 2.45) is 0 Å². The van der Waals surface area contributed by atoms with Crippen molar-refractivity contribution in [2.75, 3.05) is 6.61 Å². The van der Waals surface area contributed by atoms with Crippen molar-refractivity contribution in [2.45, 2.75) is 26.2 Å². The van der Waals surface area contributed by atoms with Gasteiger partial charge in [-0.2, -0.15) is 0 Å². The number of hydrogen-bond acceptors (Lipinski definition) is 2. The van der Waals surface area contributed by atoms with E-state index < -0.39 is 11.9 Å². The highest BCUT2D eigenvalue weighted by atomic mass is 19.3. The number of ether oxygens (including phenoxy) is 1. The van der Waals surface area contributed by atoms with E-state index in [9.17, 15) is 13.6 Å². The first-order valence-corrected chi connectivity index (χ1v) is 5.16. The van der Waals surface area contributed by atoms with Gasteiger partial charge in [0.25, 0.3) is 5.92 Å². The van der Waals surface area contributed by atoms with E-state index in [1.807, 2.05) is 0 Å². The van der Waals surface area contributed by atoms with E-state index in [0.717, 1.165) is 0 Å². The predicted molar refractivity (Wildman–Crippen MR) is 56.6 cm³/mol. The Morgan fingerprint density at radius 2 is 1.81 bits per heavy atom. The van der Waals surface area contributed by atoms with Crippen LogP contribution in [0.25, 0.3) is 0 Å². The summed E-state index contributed by atoms with van der Waals surface area (Å²) < 4.78 is 31.3. The Bertz CT molecular complexity index is 358. The maximum Gasteiger partial charge on any atom is 0.338 e. The van der Waals surface area contributed by atoms with Crippen molar-refractivity contribution in [3.8, 4) is 0 Å². The summed E-state index contributed by atoms with van der Waals surface area (Å²) in [5, 5.41) is 0. The zero-order valence-corrected chi connectivity index (χ0v) is 9.30. The van der Waals surface area contributed by atoms with Crippen molar-refractivity contribution in [1.29, 1.82) is 0 Å². The summed E-state index contributed by atoms with van der Waals surface area (Å²) in [5.74, 6) is -3.33. The molecule has 0 radical (unpaired) electrons. The topological polar surface area (TPSA) is 26.3 Å². The number of halogens is 2. The number of carbonyl (C=O) groups is 1. The summed E-state index contributed by atoms with van der Waals surface area (Å²) in [4.78, 5) is 11.3. The maximum absolute atomic E-state index is 13.2. The highest BCUT2D eigenvalue weighted by Crippen LogP contribution is 2.31. The van der Waals surface area contributed by atoms with Gasteiger partial charge in [0.15, 0.2) is 0 Å². The third-order valence-corrected chi connectivity index (χ3v) is 2.26. The SMILES string of the molecule is CCOC(=O)c1ccc(C(F)(F)CC)cc1. The first kappa shape index (κ1) is 12.6. The average Bonchev–Trinajstić information content (AvgIpc) is 2.29. The molecule has 0 spiro atoms. The maximum atomic E-state index is 13.2. The molecule has 0 bridgehead atoms. The van der Waals surface area contributed by atoms with Gasteiger partial charge in [0.05, 0.1) is 12.2 Å². The van der Waals surface area contributed by atoms with Gasteiger partial charge >= 0.3 is 5.97 Å². The normalized spacial score (nSPS) is 11.2. The fourth-order valence-electron chi connectivity index (χ4n) is 1.27. The van der Waals surface area contributed by atoms with Gasteiger partial charge in [0.1, 0.15) is 0 Å². The zero-order valence-electron chi connectivity index (χ0n) is 9.30. The lowest BCUT2D eigenvalue weighted by molar-refractivity contribution is -0.00834. The van der Waals surface area contributed by atoms with E-state index in [1.165, 1.54) is 31.2 Å². The van der Waals surface area contributed by atoms with Crippen molar-refractivity contribution in [3.63, 3.8) is 0 Å². The third-order valence-electron chi connectivity index (χ3n) is 2.26. The van der Waals surface area contributed by atoms with E-state index in [4.69, 9.17) is 4.74 Å². The van der Waals surface area contributed by atoms with E-state index >= 15 is 0 Å². The van der Waals surface area contributed by atoms with Crippen LogP contribution < -0.4 is 0 Å². The molecule has 1 aromatic rings. The molecule has 0 heterocycles. The molecule has 16 heavy (non-hydrogen) atoms.